The maximum Gasteiger partial charge on any atom is 0.375 e. The van der Waals surface area contributed by atoms with E-state index >= 15 is 0 Å². The van der Waals surface area contributed by atoms with Gasteiger partial charge in [0.05, 0.1) is 32.8 Å². The van der Waals surface area contributed by atoms with Crippen molar-refractivity contribution in [3.63, 3.8) is 0 Å². The molecule has 0 radical (unpaired) electrons. The molecule has 0 fully saturated rings. The molecular formula is C14H16O6. The molecule has 0 N–H and O–H groups in total. The monoisotopic (exact) mass is 280 g/mol. The van der Waals surface area contributed by atoms with Gasteiger partial charge < -0.3 is 14.2 Å². The molecule has 0 atom stereocenters. The van der Waals surface area contributed by atoms with Crippen LogP contribution < -0.4 is 9.47 Å². The van der Waals surface area contributed by atoms with Gasteiger partial charge in [-0.3, -0.25) is 9.59 Å². The Labute approximate surface area is 116 Å². The van der Waals surface area contributed by atoms with Gasteiger partial charge in [0.1, 0.15) is 11.5 Å². The summed E-state index contributed by atoms with van der Waals surface area (Å²) in [4.78, 5) is 34.7. The van der Waals surface area contributed by atoms with Crippen molar-refractivity contribution in [2.24, 2.45) is 0 Å². The van der Waals surface area contributed by atoms with Crippen LogP contribution in [0.3, 0.4) is 0 Å². The number of rotatable bonds is 7. The third-order valence-electron chi connectivity index (χ3n) is 2.53. The van der Waals surface area contributed by atoms with Gasteiger partial charge in [-0.25, -0.2) is 4.79 Å². The van der Waals surface area contributed by atoms with Gasteiger partial charge in [0.2, 0.25) is 5.78 Å². The molecular weight excluding hydrogens is 264 g/mol. The van der Waals surface area contributed by atoms with Crippen molar-refractivity contribution >= 4 is 17.5 Å². The topological polar surface area (TPSA) is 78.9 Å². The van der Waals surface area contributed by atoms with E-state index in [4.69, 9.17) is 9.47 Å². The summed E-state index contributed by atoms with van der Waals surface area (Å²) >= 11 is 0. The molecule has 0 aliphatic rings. The predicted molar refractivity (Wildman–Crippen MR) is 70.1 cm³/mol. The summed E-state index contributed by atoms with van der Waals surface area (Å²) in [5.74, 6) is -1.59. The lowest BCUT2D eigenvalue weighted by Gasteiger charge is -2.09. The SMILES string of the molecule is CCOC(=O)C(=O)CC(=O)c1ccc(OC)cc1OC. The highest BCUT2D eigenvalue weighted by atomic mass is 16.5. The van der Waals surface area contributed by atoms with E-state index < -0.39 is 24.0 Å². The van der Waals surface area contributed by atoms with Crippen molar-refractivity contribution < 1.29 is 28.6 Å². The van der Waals surface area contributed by atoms with Crippen molar-refractivity contribution in [1.29, 1.82) is 0 Å². The van der Waals surface area contributed by atoms with Gasteiger partial charge in [0, 0.05) is 6.07 Å². The molecule has 0 aromatic heterocycles. The summed E-state index contributed by atoms with van der Waals surface area (Å²) in [6.07, 6.45) is -0.554. The zero-order valence-corrected chi connectivity index (χ0v) is 11.6. The van der Waals surface area contributed by atoms with Gasteiger partial charge in [-0.2, -0.15) is 0 Å². The highest BCUT2D eigenvalue weighted by Crippen LogP contribution is 2.25. The van der Waals surface area contributed by atoms with Gasteiger partial charge in [0.25, 0.3) is 0 Å². The molecule has 1 rings (SSSR count). The standard InChI is InChI=1S/C14H16O6/c1-4-20-14(17)12(16)8-11(15)10-6-5-9(18-2)7-13(10)19-3/h5-7H,4,8H2,1-3H3. The number of carbonyl (C=O) groups is 3. The second kappa shape index (κ2) is 7.28. The highest BCUT2D eigenvalue weighted by Gasteiger charge is 2.22. The third-order valence-corrected chi connectivity index (χ3v) is 2.53. The molecule has 0 unspecified atom stereocenters. The van der Waals surface area contributed by atoms with Crippen LogP contribution in [-0.2, 0) is 14.3 Å². The molecule has 108 valence electrons. The lowest BCUT2D eigenvalue weighted by Crippen LogP contribution is -2.20. The number of ether oxygens (including phenoxy) is 3. The van der Waals surface area contributed by atoms with Crippen LogP contribution in [0.4, 0.5) is 0 Å². The van der Waals surface area contributed by atoms with Crippen LogP contribution in [-0.4, -0.2) is 38.4 Å². The van der Waals surface area contributed by atoms with E-state index in [0.717, 1.165) is 0 Å². The Balaban J connectivity index is 2.87. The van der Waals surface area contributed by atoms with Gasteiger partial charge in [-0.15, -0.1) is 0 Å². The molecule has 0 amide bonds. The smallest absolute Gasteiger partial charge is 0.375 e. The molecule has 1 aromatic carbocycles. The number of hydrogen-bond donors (Lipinski definition) is 0. The molecule has 0 aliphatic heterocycles. The van der Waals surface area contributed by atoms with E-state index in [1.807, 2.05) is 0 Å². The maximum absolute atomic E-state index is 12.0. The third kappa shape index (κ3) is 3.81. The molecule has 6 nitrogen and oxygen atoms in total. The van der Waals surface area contributed by atoms with E-state index in [2.05, 4.69) is 4.74 Å². The zero-order valence-electron chi connectivity index (χ0n) is 11.6. The minimum Gasteiger partial charge on any atom is -0.497 e. The van der Waals surface area contributed by atoms with Crippen molar-refractivity contribution in [3.8, 4) is 11.5 Å². The fourth-order valence-corrected chi connectivity index (χ4v) is 1.55. The summed E-state index contributed by atoms with van der Waals surface area (Å²) in [5, 5.41) is 0. The number of carbonyl (C=O) groups excluding carboxylic acids is 3. The zero-order chi connectivity index (χ0) is 15.1. The second-order valence-corrected chi connectivity index (χ2v) is 3.81. The van der Waals surface area contributed by atoms with E-state index in [-0.39, 0.29) is 17.9 Å². The van der Waals surface area contributed by atoms with E-state index in [9.17, 15) is 14.4 Å². The van der Waals surface area contributed by atoms with E-state index in [1.54, 1.807) is 13.0 Å². The minimum atomic E-state index is -1.01. The Bertz CT molecular complexity index is 520. The molecule has 0 aliphatic carbocycles. The highest BCUT2D eigenvalue weighted by molar-refractivity contribution is 6.38. The van der Waals surface area contributed by atoms with Crippen molar-refractivity contribution in [3.05, 3.63) is 23.8 Å². The Hall–Kier alpha value is -2.37. The van der Waals surface area contributed by atoms with Crippen LogP contribution in [0.2, 0.25) is 0 Å². The summed E-state index contributed by atoms with van der Waals surface area (Å²) < 4.78 is 14.6. The number of hydrogen-bond acceptors (Lipinski definition) is 6. The van der Waals surface area contributed by atoms with E-state index in [1.165, 1.54) is 26.4 Å². The Kier molecular flexibility index (Phi) is 5.71. The molecule has 0 heterocycles. The number of Topliss-reactive ketones (excluding diaryl/α,β-unsaturated/α-hetero) is 2. The predicted octanol–water partition coefficient (Wildman–Crippen LogP) is 1.41. The quantitative estimate of drug-likeness (QED) is 0.325. The van der Waals surface area contributed by atoms with Gasteiger partial charge >= 0.3 is 5.97 Å². The fourth-order valence-electron chi connectivity index (χ4n) is 1.55. The minimum absolute atomic E-state index is 0.0879. The summed E-state index contributed by atoms with van der Waals surface area (Å²) in [5.41, 5.74) is 0.214. The first kappa shape index (κ1) is 15.7. The summed E-state index contributed by atoms with van der Waals surface area (Å²) in [6, 6.07) is 4.59. The molecule has 0 spiro atoms. The first-order valence-corrected chi connectivity index (χ1v) is 5.98. The Morgan fingerprint density at radius 1 is 1.10 bits per heavy atom. The summed E-state index contributed by atoms with van der Waals surface area (Å²) in [6.45, 7) is 1.67. The fraction of sp³-hybridized carbons (Fsp3) is 0.357. The number of ketones is 2. The second-order valence-electron chi connectivity index (χ2n) is 3.81. The molecule has 20 heavy (non-hydrogen) atoms. The van der Waals surface area contributed by atoms with Crippen molar-refractivity contribution in [2.45, 2.75) is 13.3 Å². The number of benzene rings is 1. The Morgan fingerprint density at radius 3 is 2.35 bits per heavy atom. The lowest BCUT2D eigenvalue weighted by atomic mass is 10.0. The van der Waals surface area contributed by atoms with Crippen molar-refractivity contribution in [2.75, 3.05) is 20.8 Å². The first-order valence-electron chi connectivity index (χ1n) is 5.98. The molecule has 1 aromatic rings. The number of methoxy groups -OCH3 is 2. The van der Waals surface area contributed by atoms with Gasteiger partial charge in [-0.05, 0) is 19.1 Å². The maximum atomic E-state index is 12.0. The molecule has 0 saturated heterocycles. The average molecular weight is 280 g/mol. The molecule has 0 bridgehead atoms. The van der Waals surface area contributed by atoms with Crippen LogP contribution in [0.1, 0.15) is 23.7 Å². The van der Waals surface area contributed by atoms with E-state index in [0.29, 0.717) is 5.75 Å². The largest absolute Gasteiger partial charge is 0.497 e. The van der Waals surface area contributed by atoms with Gasteiger partial charge in [-0.1, -0.05) is 0 Å². The van der Waals surface area contributed by atoms with Crippen LogP contribution >= 0.6 is 0 Å². The molecule has 6 heteroatoms. The first-order chi connectivity index (χ1) is 9.53. The van der Waals surface area contributed by atoms with Crippen LogP contribution in [0.15, 0.2) is 18.2 Å². The Morgan fingerprint density at radius 2 is 1.80 bits per heavy atom. The molecule has 0 saturated carbocycles. The van der Waals surface area contributed by atoms with Crippen molar-refractivity contribution in [1.82, 2.24) is 0 Å². The number of esters is 1. The summed E-state index contributed by atoms with van der Waals surface area (Å²) in [7, 11) is 2.89. The lowest BCUT2D eigenvalue weighted by molar-refractivity contribution is -0.153. The van der Waals surface area contributed by atoms with Crippen LogP contribution in [0.5, 0.6) is 11.5 Å². The normalized spacial score (nSPS) is 9.75. The van der Waals surface area contributed by atoms with Crippen LogP contribution in [0, 0.1) is 0 Å². The average Bonchev–Trinajstić information content (AvgIpc) is 2.46. The van der Waals surface area contributed by atoms with Gasteiger partial charge in [0.15, 0.2) is 5.78 Å². The van der Waals surface area contributed by atoms with Crippen LogP contribution in [0.25, 0.3) is 0 Å².